The van der Waals surface area contributed by atoms with Crippen molar-refractivity contribution in [3.63, 3.8) is 0 Å². The maximum atomic E-state index is 14.8. The van der Waals surface area contributed by atoms with Crippen LogP contribution in [0, 0.1) is 11.3 Å². The molecule has 5 unspecified atom stereocenters. The second kappa shape index (κ2) is 15.6. The molecule has 8 rings (SSSR count). The number of pyridine rings is 1. The molecule has 4 fully saturated rings. The van der Waals surface area contributed by atoms with E-state index in [9.17, 15) is 40.8 Å². The number of sulfonamides is 1. The number of nitrogens with zero attached hydrogens (tertiary/aromatic N) is 2. The quantitative estimate of drug-likeness (QED) is 0.292. The van der Waals surface area contributed by atoms with Crippen molar-refractivity contribution >= 4 is 44.7 Å². The van der Waals surface area contributed by atoms with E-state index in [1.807, 2.05) is 13.0 Å². The molecule has 3 aliphatic carbocycles. The highest BCUT2D eigenvalue weighted by atomic mass is 32.2. The number of halogens is 3. The van der Waals surface area contributed by atoms with Crippen LogP contribution in [-0.4, -0.2) is 104 Å². The van der Waals surface area contributed by atoms with Gasteiger partial charge in [0.1, 0.15) is 33.7 Å². The van der Waals surface area contributed by atoms with E-state index in [4.69, 9.17) is 18.9 Å². The maximum Gasteiger partial charge on any atom is 0.437 e. The molecule has 1 aromatic heterocycles. The largest absolute Gasteiger partial charge is 0.497 e. The first-order valence-electron chi connectivity index (χ1n) is 20.9. The number of carbonyl (C=O) groups excluding carboxylic acids is 4. The van der Waals surface area contributed by atoms with E-state index in [1.54, 1.807) is 12.1 Å². The number of hydrogen-bond donors (Lipinski definition) is 3. The Balaban J connectivity index is 1.15. The highest BCUT2D eigenvalue weighted by molar-refractivity contribution is 7.91. The summed E-state index contributed by atoms with van der Waals surface area (Å²) in [4.78, 5) is 62.0. The average Bonchev–Trinajstić information content (AvgIpc) is 4.17. The summed E-state index contributed by atoms with van der Waals surface area (Å²) < 4.78 is 94.8. The molecule has 1 aromatic carbocycles. The van der Waals surface area contributed by atoms with Crippen LogP contribution in [0.1, 0.15) is 95.2 Å². The van der Waals surface area contributed by atoms with Crippen LogP contribution in [0.4, 0.5) is 18.0 Å². The molecule has 0 bridgehead atoms. The topological polar surface area (TPSA) is 192 Å². The van der Waals surface area contributed by atoms with Gasteiger partial charge in [0, 0.05) is 35.8 Å². The first kappa shape index (κ1) is 43.0. The van der Waals surface area contributed by atoms with Crippen LogP contribution < -0.4 is 24.8 Å². The molecular weight excluding hydrogens is 824 g/mol. The molecule has 15 nitrogen and oxygen atoms in total. The molecule has 5 atom stereocenters. The third-order valence-electron chi connectivity index (χ3n) is 13.4. The number of carbonyl (C=O) groups is 4. The Morgan fingerprint density at radius 1 is 1.05 bits per heavy atom. The third kappa shape index (κ3) is 8.35. The van der Waals surface area contributed by atoms with Gasteiger partial charge >= 0.3 is 12.3 Å². The minimum atomic E-state index is -4.93. The molecule has 0 radical (unpaired) electrons. The fraction of sp³-hybridized carbons (Fsp3) is 0.643. The van der Waals surface area contributed by atoms with Crippen LogP contribution in [0.5, 0.6) is 11.5 Å². The van der Waals surface area contributed by atoms with Gasteiger partial charge < -0.3 is 34.5 Å². The van der Waals surface area contributed by atoms with Crippen LogP contribution in [0.15, 0.2) is 30.4 Å². The molecule has 332 valence electrons. The highest BCUT2D eigenvalue weighted by Gasteiger charge is 2.64. The van der Waals surface area contributed by atoms with E-state index < -0.39 is 85.3 Å². The molecule has 3 saturated carbocycles. The van der Waals surface area contributed by atoms with E-state index in [2.05, 4.69) is 20.3 Å². The molecule has 4 amide bonds. The lowest BCUT2D eigenvalue weighted by Crippen LogP contribution is -2.59. The lowest BCUT2D eigenvalue weighted by atomic mass is 9.87. The molecule has 1 saturated heterocycles. The number of alkyl halides is 3. The summed E-state index contributed by atoms with van der Waals surface area (Å²) in [5, 5.41) is 5.91. The van der Waals surface area contributed by atoms with Crippen molar-refractivity contribution in [2.75, 3.05) is 34.0 Å². The van der Waals surface area contributed by atoms with Crippen LogP contribution >= 0.6 is 0 Å². The number of aryl methyl sites for hydroxylation is 1. The lowest BCUT2D eigenvalue weighted by Gasteiger charge is -2.37. The first-order valence-corrected chi connectivity index (χ1v) is 22.4. The minimum absolute atomic E-state index is 0.0635. The zero-order valence-corrected chi connectivity index (χ0v) is 35.3. The van der Waals surface area contributed by atoms with Crippen molar-refractivity contribution < 1.29 is 59.7 Å². The number of alkyl carbamates (subject to hydrolysis) is 1. The normalized spacial score (nSPS) is 29.1. The third-order valence-corrected chi connectivity index (χ3v) is 15.5. The fourth-order valence-corrected chi connectivity index (χ4v) is 10.6. The van der Waals surface area contributed by atoms with Crippen molar-refractivity contribution in [2.24, 2.45) is 11.3 Å². The summed E-state index contributed by atoms with van der Waals surface area (Å²) in [7, 11) is -1.44. The Morgan fingerprint density at radius 3 is 2.51 bits per heavy atom. The van der Waals surface area contributed by atoms with Gasteiger partial charge in [0.05, 0.1) is 32.4 Å². The zero-order valence-electron chi connectivity index (χ0n) is 34.5. The van der Waals surface area contributed by atoms with E-state index in [-0.39, 0.29) is 81.2 Å². The Kier molecular flexibility index (Phi) is 11.0. The van der Waals surface area contributed by atoms with Gasteiger partial charge in [-0.25, -0.2) is 18.2 Å². The van der Waals surface area contributed by atoms with Crippen molar-refractivity contribution in [3.05, 3.63) is 41.6 Å². The lowest BCUT2D eigenvalue weighted by molar-refractivity contribution is -0.144. The Hall–Kier alpha value is -4.65. The van der Waals surface area contributed by atoms with Gasteiger partial charge in [0.15, 0.2) is 11.4 Å². The first-order chi connectivity index (χ1) is 28.9. The van der Waals surface area contributed by atoms with Crippen molar-refractivity contribution in [1.29, 1.82) is 0 Å². The van der Waals surface area contributed by atoms with Crippen molar-refractivity contribution in [3.8, 4) is 11.5 Å². The SMILES string of the molecule is COCC1(S(=O)(=O)NC(=O)C23CC2C=CCCCCCC(NC(=O)OCC2(C)CC2)C(=O)N2CC4(CCc5c(c(C(F)(F)F)nc6ccc(OC)cc56)O4)CC2C(=O)N3)CC1. The number of benzene rings is 1. The molecule has 6 aliphatic rings. The highest BCUT2D eigenvalue weighted by Crippen LogP contribution is 2.51. The number of hydrogen-bond acceptors (Lipinski definition) is 11. The predicted molar refractivity (Wildman–Crippen MR) is 213 cm³/mol. The number of methoxy groups -OCH3 is 2. The van der Waals surface area contributed by atoms with E-state index in [0.717, 1.165) is 12.8 Å². The summed E-state index contributed by atoms with van der Waals surface area (Å²) in [6, 6.07) is 1.96. The van der Waals surface area contributed by atoms with Crippen molar-refractivity contribution in [2.45, 2.75) is 125 Å². The molecule has 4 heterocycles. The zero-order chi connectivity index (χ0) is 43.6. The Morgan fingerprint density at radius 2 is 1.82 bits per heavy atom. The number of ether oxygens (including phenoxy) is 4. The number of amides is 4. The van der Waals surface area contributed by atoms with Gasteiger partial charge in [0.25, 0.3) is 5.91 Å². The van der Waals surface area contributed by atoms with Gasteiger partial charge in [-0.2, -0.15) is 13.2 Å². The standard InChI is InChI=1S/C42H52F3N5O10S/c1-38(15-16-38)23-59-37(54)47-30-10-8-6-4-5-7-9-25-20-41(25,36(53)49-61(55,56)40(17-18-40)24-57-2)48-34(51)31-21-39(22-50(31)35(30)52)14-13-27-28-19-26(58-3)11-12-29(28)46-33(32(27)60-39)42(43,44)45/h7,9,11-12,19,25,30-31H,4-6,8,10,13-18,20-24H2,1-3H3,(H,47,54)(H,48,51)(H,49,53). The fourth-order valence-electron chi connectivity index (χ4n) is 9.04. The Labute approximate surface area is 351 Å². The predicted octanol–water partition coefficient (Wildman–Crippen LogP) is 4.84. The summed E-state index contributed by atoms with van der Waals surface area (Å²) in [6.07, 6.45) is 2.87. The van der Waals surface area contributed by atoms with Crippen LogP contribution in [0.3, 0.4) is 0 Å². The van der Waals surface area contributed by atoms with Crippen LogP contribution in [0.2, 0.25) is 0 Å². The van der Waals surface area contributed by atoms with Crippen LogP contribution in [-0.2, 0) is 46.5 Å². The molecule has 3 aliphatic heterocycles. The number of rotatable bonds is 9. The molecule has 19 heteroatoms. The van der Waals surface area contributed by atoms with E-state index in [1.165, 1.54) is 31.3 Å². The molecule has 3 N–H and O–H groups in total. The van der Waals surface area contributed by atoms with Gasteiger partial charge in [-0.3, -0.25) is 19.1 Å². The minimum Gasteiger partial charge on any atom is -0.497 e. The molecule has 1 spiro atoms. The molecule has 61 heavy (non-hydrogen) atoms. The second-order valence-corrected chi connectivity index (χ2v) is 20.2. The summed E-state index contributed by atoms with van der Waals surface area (Å²) >= 11 is 0. The number of fused-ring (bicyclic) bond motifs is 5. The van der Waals surface area contributed by atoms with E-state index >= 15 is 0 Å². The summed E-state index contributed by atoms with van der Waals surface area (Å²) in [6.45, 7) is 1.67. The monoisotopic (exact) mass is 875 g/mol. The summed E-state index contributed by atoms with van der Waals surface area (Å²) in [5.74, 6) is -3.13. The van der Waals surface area contributed by atoms with Gasteiger partial charge in [-0.1, -0.05) is 31.9 Å². The van der Waals surface area contributed by atoms with Crippen LogP contribution in [0.25, 0.3) is 10.9 Å². The molecule has 2 aromatic rings. The van der Waals surface area contributed by atoms with E-state index in [0.29, 0.717) is 36.8 Å². The van der Waals surface area contributed by atoms with Gasteiger partial charge in [-0.05, 0) is 82.4 Å². The second-order valence-electron chi connectivity index (χ2n) is 18.1. The summed E-state index contributed by atoms with van der Waals surface area (Å²) in [5.41, 5.74) is -4.29. The molecular formula is C42H52F3N5O10S. The smallest absolute Gasteiger partial charge is 0.437 e. The Bertz CT molecular complexity index is 2260. The van der Waals surface area contributed by atoms with Gasteiger partial charge in [-0.15, -0.1) is 0 Å². The van der Waals surface area contributed by atoms with Gasteiger partial charge in [0.2, 0.25) is 21.8 Å². The van der Waals surface area contributed by atoms with Crippen molar-refractivity contribution in [1.82, 2.24) is 25.2 Å². The maximum absolute atomic E-state index is 14.8. The average molecular weight is 876 g/mol. The number of aromatic nitrogens is 1. The number of allylic oxidation sites excluding steroid dienone is 1. The number of nitrogens with one attached hydrogen (secondary N) is 3.